The molecule has 3 atom stereocenters. The summed E-state index contributed by atoms with van der Waals surface area (Å²) in [6, 6.07) is 0.627. The van der Waals surface area contributed by atoms with Crippen LogP contribution in [0.1, 0.15) is 44.8 Å². The number of H-pyrrole nitrogens is 1. The Labute approximate surface area is 97.2 Å². The molecule has 2 N–H and O–H groups in total. The number of rotatable bonds is 3. The van der Waals surface area contributed by atoms with Gasteiger partial charge in [0.2, 0.25) is 0 Å². The van der Waals surface area contributed by atoms with Gasteiger partial charge in [-0.3, -0.25) is 5.10 Å². The van der Waals surface area contributed by atoms with Crippen molar-refractivity contribution < 1.29 is 0 Å². The van der Waals surface area contributed by atoms with Crippen LogP contribution in [0.3, 0.4) is 0 Å². The Hall–Kier alpha value is -0.900. The molecule has 1 aromatic heterocycles. The van der Waals surface area contributed by atoms with Gasteiger partial charge < -0.3 is 5.32 Å². The van der Waals surface area contributed by atoms with E-state index in [-0.39, 0.29) is 0 Å². The fraction of sp³-hybridized carbons (Fsp3) is 0.833. The third-order valence-corrected chi connectivity index (χ3v) is 3.87. The van der Waals surface area contributed by atoms with Crippen molar-refractivity contribution in [2.45, 2.75) is 52.6 Å². The zero-order valence-electron chi connectivity index (χ0n) is 10.5. The number of hydrogen-bond donors (Lipinski definition) is 2. The van der Waals surface area contributed by atoms with Crippen LogP contribution in [0.5, 0.6) is 0 Å². The molecule has 0 amide bonds. The summed E-state index contributed by atoms with van der Waals surface area (Å²) in [5.41, 5.74) is 0. The average Bonchev–Trinajstić information content (AvgIpc) is 2.67. The van der Waals surface area contributed by atoms with Gasteiger partial charge in [0.15, 0.2) is 5.82 Å². The summed E-state index contributed by atoms with van der Waals surface area (Å²) >= 11 is 0. The lowest BCUT2D eigenvalue weighted by Gasteiger charge is -2.34. The van der Waals surface area contributed by atoms with Gasteiger partial charge in [-0.1, -0.05) is 26.7 Å². The molecule has 0 bridgehead atoms. The van der Waals surface area contributed by atoms with Crippen molar-refractivity contribution in [3.8, 4) is 0 Å². The van der Waals surface area contributed by atoms with Crippen molar-refractivity contribution in [2.75, 3.05) is 0 Å². The van der Waals surface area contributed by atoms with Crippen LogP contribution in [0.25, 0.3) is 0 Å². The molecule has 0 saturated heterocycles. The molecule has 1 saturated carbocycles. The molecule has 4 heteroatoms. The topological polar surface area (TPSA) is 53.6 Å². The van der Waals surface area contributed by atoms with E-state index in [4.69, 9.17) is 0 Å². The lowest BCUT2D eigenvalue weighted by atomic mass is 9.78. The van der Waals surface area contributed by atoms with Crippen LogP contribution in [0.15, 0.2) is 0 Å². The van der Waals surface area contributed by atoms with Crippen LogP contribution in [-0.2, 0) is 6.54 Å². The van der Waals surface area contributed by atoms with Gasteiger partial charge in [-0.2, -0.15) is 5.10 Å². The van der Waals surface area contributed by atoms with Gasteiger partial charge in [0.25, 0.3) is 0 Å². The minimum atomic E-state index is 0.627. The van der Waals surface area contributed by atoms with Crippen molar-refractivity contribution in [1.82, 2.24) is 20.5 Å². The fourth-order valence-corrected chi connectivity index (χ4v) is 2.56. The highest BCUT2D eigenvalue weighted by molar-refractivity contribution is 4.89. The molecule has 0 aromatic carbocycles. The molecule has 1 aromatic rings. The summed E-state index contributed by atoms with van der Waals surface area (Å²) in [4.78, 5) is 4.31. The molecular formula is C12H22N4. The second-order valence-electron chi connectivity index (χ2n) is 5.09. The van der Waals surface area contributed by atoms with Crippen molar-refractivity contribution in [1.29, 1.82) is 0 Å². The maximum absolute atomic E-state index is 4.31. The normalized spacial score (nSPS) is 30.6. The van der Waals surface area contributed by atoms with Crippen molar-refractivity contribution >= 4 is 0 Å². The molecular weight excluding hydrogens is 200 g/mol. The number of aryl methyl sites for hydroxylation is 1. The van der Waals surface area contributed by atoms with E-state index in [2.05, 4.69) is 34.3 Å². The van der Waals surface area contributed by atoms with Gasteiger partial charge in [0.1, 0.15) is 5.82 Å². The zero-order chi connectivity index (χ0) is 11.5. The van der Waals surface area contributed by atoms with Crippen LogP contribution in [0.4, 0.5) is 0 Å². The van der Waals surface area contributed by atoms with Gasteiger partial charge in [-0.15, -0.1) is 0 Å². The van der Waals surface area contributed by atoms with Crippen molar-refractivity contribution in [3.63, 3.8) is 0 Å². The van der Waals surface area contributed by atoms with E-state index >= 15 is 0 Å². The summed E-state index contributed by atoms with van der Waals surface area (Å²) in [7, 11) is 0. The molecule has 0 radical (unpaired) electrons. The van der Waals surface area contributed by atoms with Gasteiger partial charge in [0, 0.05) is 6.04 Å². The van der Waals surface area contributed by atoms with Gasteiger partial charge in [-0.05, 0) is 25.2 Å². The summed E-state index contributed by atoms with van der Waals surface area (Å²) in [5.74, 6) is 3.36. The first-order valence-electron chi connectivity index (χ1n) is 6.28. The maximum atomic E-state index is 4.31. The van der Waals surface area contributed by atoms with E-state index < -0.39 is 0 Å². The molecule has 1 fully saturated rings. The summed E-state index contributed by atoms with van der Waals surface area (Å²) in [6.45, 7) is 7.42. The minimum Gasteiger partial charge on any atom is -0.307 e. The Morgan fingerprint density at radius 1 is 1.38 bits per heavy atom. The van der Waals surface area contributed by atoms with Gasteiger partial charge >= 0.3 is 0 Å². The predicted octanol–water partition coefficient (Wildman–Crippen LogP) is 2.03. The number of nitrogens with zero attached hydrogens (tertiary/aromatic N) is 2. The summed E-state index contributed by atoms with van der Waals surface area (Å²) < 4.78 is 0. The Morgan fingerprint density at radius 2 is 2.19 bits per heavy atom. The fourth-order valence-electron chi connectivity index (χ4n) is 2.56. The average molecular weight is 222 g/mol. The quantitative estimate of drug-likeness (QED) is 0.822. The van der Waals surface area contributed by atoms with Crippen LogP contribution in [0.2, 0.25) is 0 Å². The minimum absolute atomic E-state index is 0.627. The molecule has 1 aliphatic rings. The number of nitrogens with one attached hydrogen (secondary N) is 2. The monoisotopic (exact) mass is 222 g/mol. The smallest absolute Gasteiger partial charge is 0.164 e. The third-order valence-electron chi connectivity index (χ3n) is 3.87. The summed E-state index contributed by atoms with van der Waals surface area (Å²) in [6.07, 6.45) is 4.00. The maximum Gasteiger partial charge on any atom is 0.164 e. The van der Waals surface area contributed by atoms with Crippen molar-refractivity contribution in [3.05, 3.63) is 11.6 Å². The largest absolute Gasteiger partial charge is 0.307 e. The zero-order valence-corrected chi connectivity index (χ0v) is 10.5. The Morgan fingerprint density at radius 3 is 2.88 bits per heavy atom. The molecule has 4 nitrogen and oxygen atoms in total. The molecule has 3 unspecified atom stereocenters. The standard InChI is InChI=1S/C12H22N4/c1-8-5-4-6-11(9(8)2)13-7-12-14-10(3)15-16-12/h8-9,11,13H,4-7H2,1-3H3,(H,14,15,16). The van der Waals surface area contributed by atoms with Gasteiger partial charge in [0.05, 0.1) is 6.54 Å². The number of aromatic nitrogens is 3. The Balaban J connectivity index is 1.85. The molecule has 90 valence electrons. The molecule has 16 heavy (non-hydrogen) atoms. The van der Waals surface area contributed by atoms with E-state index in [9.17, 15) is 0 Å². The highest BCUT2D eigenvalue weighted by atomic mass is 15.2. The third kappa shape index (κ3) is 2.61. The number of aromatic amines is 1. The predicted molar refractivity (Wildman–Crippen MR) is 63.9 cm³/mol. The van der Waals surface area contributed by atoms with E-state index in [1.165, 1.54) is 19.3 Å². The molecule has 1 heterocycles. The van der Waals surface area contributed by atoms with Crippen LogP contribution in [-0.4, -0.2) is 21.2 Å². The van der Waals surface area contributed by atoms with Crippen LogP contribution in [0, 0.1) is 18.8 Å². The molecule has 1 aliphatic carbocycles. The SMILES string of the molecule is Cc1nc(CNC2CCCC(C)C2C)n[nH]1. The first-order chi connectivity index (χ1) is 7.66. The van der Waals surface area contributed by atoms with E-state index in [1.54, 1.807) is 0 Å². The van der Waals surface area contributed by atoms with E-state index in [1.807, 2.05) is 6.92 Å². The molecule has 2 rings (SSSR count). The second-order valence-corrected chi connectivity index (χ2v) is 5.09. The Bertz CT molecular complexity index is 334. The molecule has 0 aliphatic heterocycles. The lowest BCUT2D eigenvalue weighted by Crippen LogP contribution is -2.40. The summed E-state index contributed by atoms with van der Waals surface area (Å²) in [5, 5.41) is 10.6. The lowest BCUT2D eigenvalue weighted by molar-refractivity contribution is 0.205. The van der Waals surface area contributed by atoms with Crippen LogP contribution < -0.4 is 5.32 Å². The van der Waals surface area contributed by atoms with Gasteiger partial charge in [-0.25, -0.2) is 4.98 Å². The first kappa shape index (κ1) is 11.6. The van der Waals surface area contributed by atoms with Crippen LogP contribution >= 0.6 is 0 Å². The second kappa shape index (κ2) is 4.95. The number of hydrogen-bond acceptors (Lipinski definition) is 3. The van der Waals surface area contributed by atoms with E-state index in [0.29, 0.717) is 6.04 Å². The van der Waals surface area contributed by atoms with E-state index in [0.717, 1.165) is 30.0 Å². The highest BCUT2D eigenvalue weighted by Gasteiger charge is 2.26. The molecule has 0 spiro atoms. The highest BCUT2D eigenvalue weighted by Crippen LogP contribution is 2.29. The van der Waals surface area contributed by atoms with Crippen molar-refractivity contribution in [2.24, 2.45) is 11.8 Å². The Kier molecular flexibility index (Phi) is 3.59. The first-order valence-corrected chi connectivity index (χ1v) is 6.28.